The average Bonchev–Trinajstić information content (AvgIpc) is 2.61. The predicted octanol–water partition coefficient (Wildman–Crippen LogP) is 1.37. The number of carboxylic acid groups (broad SMARTS) is 1. The monoisotopic (exact) mass is 298 g/mol. The fourth-order valence-corrected chi connectivity index (χ4v) is 1.53. The van der Waals surface area contributed by atoms with Gasteiger partial charge in [0.1, 0.15) is 5.01 Å². The van der Waals surface area contributed by atoms with Gasteiger partial charge in [-0.2, -0.15) is 13.2 Å². The van der Waals surface area contributed by atoms with Gasteiger partial charge in [-0.25, -0.2) is 9.59 Å². The zero-order chi connectivity index (χ0) is 14.8. The van der Waals surface area contributed by atoms with Crippen LogP contribution in [-0.2, 0) is 4.79 Å². The third-order valence-electron chi connectivity index (χ3n) is 2.10. The lowest BCUT2D eigenvalue weighted by Crippen LogP contribution is -2.62. The minimum absolute atomic E-state index is 0.0371. The molecule has 0 saturated carbocycles. The summed E-state index contributed by atoms with van der Waals surface area (Å²) in [6.07, 6.45) is -5.15. The van der Waals surface area contributed by atoms with Gasteiger partial charge >= 0.3 is 18.2 Å². The van der Waals surface area contributed by atoms with Crippen LogP contribution in [0.25, 0.3) is 0 Å². The van der Waals surface area contributed by atoms with Crippen LogP contribution in [-0.4, -0.2) is 39.0 Å². The summed E-state index contributed by atoms with van der Waals surface area (Å²) in [6, 6.07) is -1.33. The standard InChI is InChI=1S/C8H9F3N4O3S/c1-3-14-15-6(19-3)12-5(18)13-7(2,4(16)17)8(9,10)11/h1-2H3,(H,16,17)(H2,12,13,15,18). The van der Waals surface area contributed by atoms with Crippen LogP contribution in [0.15, 0.2) is 0 Å². The molecule has 0 aliphatic heterocycles. The maximum atomic E-state index is 12.6. The van der Waals surface area contributed by atoms with E-state index in [-0.39, 0.29) is 5.13 Å². The summed E-state index contributed by atoms with van der Waals surface area (Å²) >= 11 is 0.935. The molecule has 1 atom stereocenters. The van der Waals surface area contributed by atoms with E-state index in [2.05, 4.69) is 10.2 Å². The second kappa shape index (κ2) is 4.99. The van der Waals surface area contributed by atoms with Crippen LogP contribution in [0.2, 0.25) is 0 Å². The largest absolute Gasteiger partial charge is 0.479 e. The Morgan fingerprint density at radius 3 is 2.26 bits per heavy atom. The van der Waals surface area contributed by atoms with Crippen LogP contribution in [0, 0.1) is 6.92 Å². The zero-order valence-corrected chi connectivity index (χ0v) is 10.5. The number of carbonyl (C=O) groups is 2. The number of amides is 2. The quantitative estimate of drug-likeness (QED) is 0.782. The van der Waals surface area contributed by atoms with Gasteiger partial charge in [0.05, 0.1) is 0 Å². The van der Waals surface area contributed by atoms with Crippen molar-refractivity contribution in [3.63, 3.8) is 0 Å². The fraction of sp³-hybridized carbons (Fsp3) is 0.500. The molecule has 7 nitrogen and oxygen atoms in total. The number of carboxylic acids is 1. The molecule has 1 unspecified atom stereocenters. The molecule has 11 heteroatoms. The van der Waals surface area contributed by atoms with E-state index in [1.54, 1.807) is 6.92 Å². The predicted molar refractivity (Wildman–Crippen MR) is 58.9 cm³/mol. The molecular formula is C8H9F3N4O3S. The van der Waals surface area contributed by atoms with E-state index in [1.165, 1.54) is 5.32 Å². The van der Waals surface area contributed by atoms with Crippen LogP contribution >= 0.6 is 11.3 Å². The normalized spacial score (nSPS) is 14.6. The molecule has 0 aromatic carbocycles. The first kappa shape index (κ1) is 15.1. The van der Waals surface area contributed by atoms with Crippen LogP contribution in [0.4, 0.5) is 23.1 Å². The second-order valence-corrected chi connectivity index (χ2v) is 4.81. The molecular weight excluding hydrogens is 289 g/mol. The van der Waals surface area contributed by atoms with Crippen LogP contribution in [0.1, 0.15) is 11.9 Å². The number of nitrogens with one attached hydrogen (secondary N) is 2. The maximum absolute atomic E-state index is 12.6. The van der Waals surface area contributed by atoms with Crippen molar-refractivity contribution in [2.75, 3.05) is 5.32 Å². The van der Waals surface area contributed by atoms with Gasteiger partial charge in [0.2, 0.25) is 10.7 Å². The highest BCUT2D eigenvalue weighted by Gasteiger charge is 2.58. The summed E-state index contributed by atoms with van der Waals surface area (Å²) in [5.41, 5.74) is -3.39. The molecule has 0 aliphatic rings. The first-order valence-electron chi connectivity index (χ1n) is 4.75. The molecule has 3 N–H and O–H groups in total. The van der Waals surface area contributed by atoms with E-state index in [0.717, 1.165) is 11.3 Å². The van der Waals surface area contributed by atoms with Crippen molar-refractivity contribution in [2.24, 2.45) is 0 Å². The molecule has 106 valence electrons. The molecule has 1 heterocycles. The van der Waals surface area contributed by atoms with Gasteiger partial charge in [-0.3, -0.25) is 5.32 Å². The Morgan fingerprint density at radius 2 is 1.89 bits per heavy atom. The third kappa shape index (κ3) is 3.30. The van der Waals surface area contributed by atoms with E-state index in [4.69, 9.17) is 5.11 Å². The molecule has 2 amide bonds. The Labute approximate surface area is 108 Å². The number of hydrogen-bond donors (Lipinski definition) is 3. The lowest BCUT2D eigenvalue weighted by molar-refractivity contribution is -0.203. The van der Waals surface area contributed by atoms with Crippen molar-refractivity contribution in [2.45, 2.75) is 25.6 Å². The first-order chi connectivity index (χ1) is 8.56. The average molecular weight is 298 g/mol. The van der Waals surface area contributed by atoms with E-state index in [1.807, 2.05) is 5.32 Å². The summed E-state index contributed by atoms with van der Waals surface area (Å²) in [5.74, 6) is -2.22. The van der Waals surface area contributed by atoms with Gasteiger partial charge in [-0.05, 0) is 13.8 Å². The van der Waals surface area contributed by atoms with E-state index in [9.17, 15) is 22.8 Å². The van der Waals surface area contributed by atoms with Crippen molar-refractivity contribution < 1.29 is 27.9 Å². The van der Waals surface area contributed by atoms with Crippen LogP contribution in [0.3, 0.4) is 0 Å². The Balaban J connectivity index is 2.81. The topological polar surface area (TPSA) is 104 Å². The zero-order valence-electron chi connectivity index (χ0n) is 9.70. The number of urea groups is 1. The Bertz CT molecular complexity index is 504. The van der Waals surface area contributed by atoms with E-state index in [0.29, 0.717) is 11.9 Å². The first-order valence-corrected chi connectivity index (χ1v) is 5.57. The van der Waals surface area contributed by atoms with E-state index >= 15 is 0 Å². The fourth-order valence-electron chi connectivity index (χ4n) is 0.948. The molecule has 0 bridgehead atoms. The van der Waals surface area contributed by atoms with Gasteiger partial charge in [-0.15, -0.1) is 10.2 Å². The van der Waals surface area contributed by atoms with E-state index < -0.39 is 23.7 Å². The minimum atomic E-state index is -5.15. The highest BCUT2D eigenvalue weighted by atomic mass is 32.1. The number of alkyl halides is 3. The Hall–Kier alpha value is -1.91. The second-order valence-electron chi connectivity index (χ2n) is 3.63. The van der Waals surface area contributed by atoms with Crippen LogP contribution in [0.5, 0.6) is 0 Å². The molecule has 1 aromatic rings. The van der Waals surface area contributed by atoms with Crippen LogP contribution < -0.4 is 10.6 Å². The van der Waals surface area contributed by atoms with Crippen molar-refractivity contribution in [3.05, 3.63) is 5.01 Å². The summed E-state index contributed by atoms with van der Waals surface area (Å²) in [4.78, 5) is 22.0. The lowest BCUT2D eigenvalue weighted by atomic mass is 10.0. The smallest absolute Gasteiger partial charge is 0.422 e. The third-order valence-corrected chi connectivity index (χ3v) is 2.86. The molecule has 0 spiro atoms. The highest BCUT2D eigenvalue weighted by Crippen LogP contribution is 2.30. The Morgan fingerprint density at radius 1 is 1.32 bits per heavy atom. The number of aliphatic carboxylic acids is 1. The SMILES string of the molecule is Cc1nnc(NC(=O)NC(C)(C(=O)O)C(F)(F)F)s1. The number of rotatable bonds is 3. The molecule has 0 aliphatic carbocycles. The van der Waals surface area contributed by atoms with Crippen molar-refractivity contribution in [1.29, 1.82) is 0 Å². The summed E-state index contributed by atoms with van der Waals surface area (Å²) < 4.78 is 37.8. The van der Waals surface area contributed by atoms with Gasteiger partial charge in [0, 0.05) is 0 Å². The summed E-state index contributed by atoms with van der Waals surface area (Å²) in [6.45, 7) is 1.93. The maximum Gasteiger partial charge on any atom is 0.422 e. The summed E-state index contributed by atoms with van der Waals surface area (Å²) in [7, 11) is 0. The molecule has 1 aromatic heterocycles. The highest BCUT2D eigenvalue weighted by molar-refractivity contribution is 7.15. The number of carbonyl (C=O) groups excluding carboxylic acids is 1. The number of aromatic nitrogens is 2. The molecule has 19 heavy (non-hydrogen) atoms. The number of halogens is 3. The molecule has 0 fully saturated rings. The Kier molecular flexibility index (Phi) is 3.98. The van der Waals surface area contributed by atoms with Gasteiger partial charge in [-0.1, -0.05) is 11.3 Å². The molecule has 0 saturated heterocycles. The van der Waals surface area contributed by atoms with Crippen molar-refractivity contribution in [1.82, 2.24) is 15.5 Å². The van der Waals surface area contributed by atoms with Gasteiger partial charge < -0.3 is 10.4 Å². The summed E-state index contributed by atoms with van der Waals surface area (Å²) in [5, 5.41) is 19.4. The van der Waals surface area contributed by atoms with Gasteiger partial charge in [0.15, 0.2) is 0 Å². The number of nitrogens with zero attached hydrogens (tertiary/aromatic N) is 2. The lowest BCUT2D eigenvalue weighted by Gasteiger charge is -2.28. The number of hydrogen-bond acceptors (Lipinski definition) is 5. The minimum Gasteiger partial charge on any atom is -0.479 e. The van der Waals surface area contributed by atoms with Crippen molar-refractivity contribution >= 4 is 28.5 Å². The number of anilines is 1. The van der Waals surface area contributed by atoms with Crippen molar-refractivity contribution in [3.8, 4) is 0 Å². The molecule has 0 radical (unpaired) electrons. The number of aryl methyl sites for hydroxylation is 1. The molecule has 1 rings (SSSR count). The van der Waals surface area contributed by atoms with Gasteiger partial charge in [0.25, 0.3) is 0 Å².